The summed E-state index contributed by atoms with van der Waals surface area (Å²) in [6, 6.07) is 8.82. The average molecular weight is 236 g/mol. The fourth-order valence-electron chi connectivity index (χ4n) is 1.93. The highest BCUT2D eigenvalue weighted by Crippen LogP contribution is 2.19. The predicted molar refractivity (Wildman–Crippen MR) is 71.6 cm³/mol. The Balaban J connectivity index is 2.68. The van der Waals surface area contributed by atoms with Gasteiger partial charge in [-0.2, -0.15) is 0 Å². The molecule has 0 heterocycles. The predicted octanol–water partition coefficient (Wildman–Crippen LogP) is 2.57. The van der Waals surface area contributed by atoms with Gasteiger partial charge in [-0.05, 0) is 30.9 Å². The number of aryl methyl sites for hydroxylation is 1. The van der Waals surface area contributed by atoms with E-state index in [0.29, 0.717) is 0 Å². The molecule has 1 rings (SSSR count). The fourth-order valence-corrected chi connectivity index (χ4v) is 1.93. The lowest BCUT2D eigenvalue weighted by atomic mass is 9.99. The molecule has 1 aromatic rings. The zero-order chi connectivity index (χ0) is 12.7. The van der Waals surface area contributed by atoms with Crippen LogP contribution in [0.1, 0.15) is 43.9 Å². The van der Waals surface area contributed by atoms with Crippen molar-refractivity contribution in [1.82, 2.24) is 5.43 Å². The molecule has 96 valence electrons. The summed E-state index contributed by atoms with van der Waals surface area (Å²) in [5, 5.41) is 0. The van der Waals surface area contributed by atoms with Crippen molar-refractivity contribution in [3.8, 4) is 0 Å². The summed E-state index contributed by atoms with van der Waals surface area (Å²) in [6.45, 7) is 4.24. The molecule has 0 spiro atoms. The first-order valence-electron chi connectivity index (χ1n) is 6.29. The summed E-state index contributed by atoms with van der Waals surface area (Å²) < 4.78 is 5.27. The van der Waals surface area contributed by atoms with Crippen molar-refractivity contribution in [3.05, 3.63) is 35.4 Å². The summed E-state index contributed by atoms with van der Waals surface area (Å²) in [5.74, 6) is 5.60. The molecule has 2 atom stereocenters. The molecule has 3 heteroatoms. The highest BCUT2D eigenvalue weighted by atomic mass is 16.5. The van der Waals surface area contributed by atoms with Gasteiger partial charge in [0.05, 0.1) is 6.10 Å². The van der Waals surface area contributed by atoms with Crippen LogP contribution in [0, 0.1) is 0 Å². The van der Waals surface area contributed by atoms with Crippen LogP contribution < -0.4 is 11.3 Å². The molecule has 3 nitrogen and oxygen atoms in total. The van der Waals surface area contributed by atoms with Gasteiger partial charge in [-0.25, -0.2) is 0 Å². The van der Waals surface area contributed by atoms with E-state index >= 15 is 0 Å². The van der Waals surface area contributed by atoms with E-state index in [2.05, 4.69) is 43.5 Å². The second-order valence-electron chi connectivity index (χ2n) is 4.49. The highest BCUT2D eigenvalue weighted by molar-refractivity contribution is 5.25. The Hall–Kier alpha value is -0.900. The van der Waals surface area contributed by atoms with Gasteiger partial charge in [0.25, 0.3) is 0 Å². The number of hydrogen-bond acceptors (Lipinski definition) is 3. The quantitative estimate of drug-likeness (QED) is 0.565. The number of ether oxygens (including phenoxy) is 1. The Morgan fingerprint density at radius 1 is 1.29 bits per heavy atom. The largest absolute Gasteiger partial charge is 0.382 e. The first kappa shape index (κ1) is 14.2. The van der Waals surface area contributed by atoms with Crippen molar-refractivity contribution in [2.24, 2.45) is 5.84 Å². The maximum Gasteiger partial charge on any atom is 0.0561 e. The minimum atomic E-state index is 0.153. The lowest BCUT2D eigenvalue weighted by Gasteiger charge is -2.20. The van der Waals surface area contributed by atoms with E-state index in [-0.39, 0.29) is 12.1 Å². The zero-order valence-electron chi connectivity index (χ0n) is 11.1. The Kier molecular flexibility index (Phi) is 6.19. The van der Waals surface area contributed by atoms with E-state index in [4.69, 9.17) is 10.6 Å². The maximum absolute atomic E-state index is 5.60. The van der Waals surface area contributed by atoms with Crippen LogP contribution in [0.2, 0.25) is 0 Å². The van der Waals surface area contributed by atoms with Gasteiger partial charge in [-0.15, -0.1) is 0 Å². The van der Waals surface area contributed by atoms with Gasteiger partial charge < -0.3 is 4.74 Å². The van der Waals surface area contributed by atoms with Crippen molar-refractivity contribution in [2.75, 3.05) is 7.11 Å². The van der Waals surface area contributed by atoms with Crippen molar-refractivity contribution in [2.45, 2.75) is 45.3 Å². The molecule has 3 N–H and O–H groups in total. The molecule has 0 radical (unpaired) electrons. The number of rotatable bonds is 7. The van der Waals surface area contributed by atoms with Gasteiger partial charge in [0, 0.05) is 13.2 Å². The maximum atomic E-state index is 5.60. The minimum absolute atomic E-state index is 0.153. The highest BCUT2D eigenvalue weighted by Gasteiger charge is 2.13. The summed E-state index contributed by atoms with van der Waals surface area (Å²) in [6.07, 6.45) is 3.39. The monoisotopic (exact) mass is 236 g/mol. The molecule has 0 bridgehead atoms. The van der Waals surface area contributed by atoms with E-state index in [1.165, 1.54) is 17.5 Å². The van der Waals surface area contributed by atoms with Crippen LogP contribution in [0.15, 0.2) is 24.3 Å². The second-order valence-corrected chi connectivity index (χ2v) is 4.49. The molecule has 0 aromatic heterocycles. The second kappa shape index (κ2) is 7.43. The Morgan fingerprint density at radius 2 is 1.94 bits per heavy atom. The Morgan fingerprint density at radius 3 is 2.41 bits per heavy atom. The average Bonchev–Trinajstić information content (AvgIpc) is 2.37. The molecule has 1 aromatic carbocycles. The summed E-state index contributed by atoms with van der Waals surface area (Å²) in [5.41, 5.74) is 5.46. The molecule has 0 aliphatic heterocycles. The third-order valence-corrected chi connectivity index (χ3v) is 3.09. The van der Waals surface area contributed by atoms with Crippen LogP contribution in [0.3, 0.4) is 0 Å². The van der Waals surface area contributed by atoms with Crippen LogP contribution in [-0.2, 0) is 11.2 Å². The van der Waals surface area contributed by atoms with Gasteiger partial charge in [0.1, 0.15) is 0 Å². The van der Waals surface area contributed by atoms with Crippen molar-refractivity contribution in [1.29, 1.82) is 0 Å². The summed E-state index contributed by atoms with van der Waals surface area (Å²) in [7, 11) is 1.72. The van der Waals surface area contributed by atoms with Gasteiger partial charge >= 0.3 is 0 Å². The topological polar surface area (TPSA) is 47.3 Å². The van der Waals surface area contributed by atoms with E-state index in [1.807, 2.05) is 0 Å². The number of hydrogen-bond donors (Lipinski definition) is 2. The van der Waals surface area contributed by atoms with E-state index in [0.717, 1.165) is 12.8 Å². The Bertz CT molecular complexity index is 311. The van der Waals surface area contributed by atoms with Crippen molar-refractivity contribution < 1.29 is 4.74 Å². The Labute approximate surface area is 104 Å². The molecule has 0 amide bonds. The van der Waals surface area contributed by atoms with Gasteiger partial charge in [-0.1, -0.05) is 37.6 Å². The molecular weight excluding hydrogens is 212 g/mol. The van der Waals surface area contributed by atoms with Gasteiger partial charge in [-0.3, -0.25) is 11.3 Å². The van der Waals surface area contributed by atoms with E-state index in [9.17, 15) is 0 Å². The molecule has 0 saturated carbocycles. The molecular formula is C14H24N2O. The first-order chi connectivity index (χ1) is 8.21. The molecule has 0 saturated heterocycles. The first-order valence-corrected chi connectivity index (χ1v) is 6.29. The summed E-state index contributed by atoms with van der Waals surface area (Å²) >= 11 is 0. The smallest absolute Gasteiger partial charge is 0.0561 e. The van der Waals surface area contributed by atoms with Crippen LogP contribution >= 0.6 is 0 Å². The molecule has 2 unspecified atom stereocenters. The SMILES string of the molecule is CCCc1ccc(C(CC(C)OC)NN)cc1. The molecule has 0 aliphatic carbocycles. The van der Waals surface area contributed by atoms with Crippen LogP contribution in [-0.4, -0.2) is 13.2 Å². The van der Waals surface area contributed by atoms with Crippen LogP contribution in [0.25, 0.3) is 0 Å². The minimum Gasteiger partial charge on any atom is -0.382 e. The van der Waals surface area contributed by atoms with E-state index in [1.54, 1.807) is 7.11 Å². The lowest BCUT2D eigenvalue weighted by molar-refractivity contribution is 0.100. The van der Waals surface area contributed by atoms with Gasteiger partial charge in [0.2, 0.25) is 0 Å². The normalized spacial score (nSPS) is 14.6. The van der Waals surface area contributed by atoms with Crippen molar-refractivity contribution in [3.63, 3.8) is 0 Å². The van der Waals surface area contributed by atoms with Crippen molar-refractivity contribution >= 4 is 0 Å². The third kappa shape index (κ3) is 4.46. The van der Waals surface area contributed by atoms with Crippen LogP contribution in [0.5, 0.6) is 0 Å². The standard InChI is InChI=1S/C14H24N2O/c1-4-5-12-6-8-13(9-7-12)14(16-15)10-11(2)17-3/h6-9,11,14,16H,4-5,10,15H2,1-3H3. The molecule has 17 heavy (non-hydrogen) atoms. The number of nitrogens with one attached hydrogen (secondary N) is 1. The molecule has 0 fully saturated rings. The van der Waals surface area contributed by atoms with Crippen LogP contribution in [0.4, 0.5) is 0 Å². The summed E-state index contributed by atoms with van der Waals surface area (Å²) in [4.78, 5) is 0. The van der Waals surface area contributed by atoms with Gasteiger partial charge in [0.15, 0.2) is 0 Å². The number of nitrogens with two attached hydrogens (primary N) is 1. The number of hydrazine groups is 1. The fraction of sp³-hybridized carbons (Fsp3) is 0.571. The zero-order valence-corrected chi connectivity index (χ0v) is 11.1. The number of benzene rings is 1. The molecule has 0 aliphatic rings. The third-order valence-electron chi connectivity index (χ3n) is 3.09. The lowest BCUT2D eigenvalue weighted by Crippen LogP contribution is -2.30. The number of methoxy groups -OCH3 is 1. The van der Waals surface area contributed by atoms with E-state index < -0.39 is 0 Å².